The highest BCUT2D eigenvalue weighted by Gasteiger charge is 2.45. The zero-order valence-corrected chi connectivity index (χ0v) is 17.5. The van der Waals surface area contributed by atoms with Crippen molar-refractivity contribution >= 4 is 5.91 Å². The fourth-order valence-corrected chi connectivity index (χ4v) is 4.19. The molecule has 1 unspecified atom stereocenters. The van der Waals surface area contributed by atoms with E-state index < -0.39 is 30.0 Å². The summed E-state index contributed by atoms with van der Waals surface area (Å²) < 4.78 is 75.3. The molecule has 0 saturated carbocycles. The first-order valence-corrected chi connectivity index (χ1v) is 10.5. The molecule has 2 aliphatic rings. The molecule has 0 spiro atoms. The molecule has 176 valence electrons. The number of amides is 1. The van der Waals surface area contributed by atoms with E-state index in [2.05, 4.69) is 19.8 Å². The topological polar surface area (TPSA) is 60.5 Å². The fourth-order valence-electron chi connectivity index (χ4n) is 4.19. The molecule has 2 aromatic carbocycles. The molecule has 1 aliphatic heterocycles. The molecule has 3 aromatic rings. The molecular formula is C24H17F5N2O3. The summed E-state index contributed by atoms with van der Waals surface area (Å²) in [5.41, 5.74) is 1.12. The van der Waals surface area contributed by atoms with Crippen molar-refractivity contribution in [3.8, 4) is 22.8 Å². The number of hydrogen-bond donors (Lipinski definition) is 1. The maximum atomic E-state index is 13.5. The van der Waals surface area contributed by atoms with Crippen molar-refractivity contribution in [1.82, 2.24) is 10.3 Å². The molecule has 1 aromatic heterocycles. The lowest BCUT2D eigenvalue weighted by Crippen LogP contribution is -2.32. The van der Waals surface area contributed by atoms with Crippen molar-refractivity contribution in [2.24, 2.45) is 0 Å². The van der Waals surface area contributed by atoms with Gasteiger partial charge in [-0.15, -0.1) is 8.78 Å². The van der Waals surface area contributed by atoms with Crippen LogP contribution in [0, 0.1) is 0 Å². The summed E-state index contributed by atoms with van der Waals surface area (Å²) in [6.07, 6.45) is -6.38. The SMILES string of the molecule is O=C(NC1CCCc2ccc(-c3cccc(C(F)(F)F)c3)nc21)c1cccc2c1OC(F)(F)O2. The number of halogens is 5. The van der Waals surface area contributed by atoms with Gasteiger partial charge in [0.1, 0.15) is 0 Å². The average Bonchev–Trinajstić information content (AvgIpc) is 3.12. The minimum absolute atomic E-state index is 0.115. The van der Waals surface area contributed by atoms with Crippen LogP contribution in [-0.4, -0.2) is 17.2 Å². The number of para-hydroxylation sites is 1. The summed E-state index contributed by atoms with van der Waals surface area (Å²) in [7, 11) is 0. The van der Waals surface area contributed by atoms with Gasteiger partial charge < -0.3 is 14.8 Å². The molecule has 34 heavy (non-hydrogen) atoms. The summed E-state index contributed by atoms with van der Waals surface area (Å²) in [5.74, 6) is -1.25. The van der Waals surface area contributed by atoms with E-state index in [1.807, 2.05) is 0 Å². The van der Waals surface area contributed by atoms with Crippen LogP contribution < -0.4 is 14.8 Å². The zero-order chi connectivity index (χ0) is 24.1. The number of nitrogens with zero attached hydrogens (tertiary/aromatic N) is 1. The molecular weight excluding hydrogens is 459 g/mol. The van der Waals surface area contributed by atoms with Gasteiger partial charge in [-0.1, -0.05) is 24.3 Å². The smallest absolute Gasteiger partial charge is 0.395 e. The van der Waals surface area contributed by atoms with Crippen molar-refractivity contribution < 1.29 is 36.2 Å². The van der Waals surface area contributed by atoms with Gasteiger partial charge >= 0.3 is 12.5 Å². The number of nitrogens with one attached hydrogen (secondary N) is 1. The highest BCUT2D eigenvalue weighted by atomic mass is 19.4. The second-order valence-corrected chi connectivity index (χ2v) is 8.04. The van der Waals surface area contributed by atoms with E-state index in [0.29, 0.717) is 29.8 Å². The van der Waals surface area contributed by atoms with E-state index >= 15 is 0 Å². The van der Waals surface area contributed by atoms with E-state index in [0.717, 1.165) is 24.1 Å². The number of ether oxygens (including phenoxy) is 2. The first-order valence-electron chi connectivity index (χ1n) is 10.5. The fraction of sp³-hybridized carbons (Fsp3) is 0.250. The summed E-state index contributed by atoms with van der Waals surface area (Å²) in [6, 6.07) is 11.7. The van der Waals surface area contributed by atoms with Crippen LogP contribution in [0.25, 0.3) is 11.3 Å². The van der Waals surface area contributed by atoms with Crippen molar-refractivity contribution in [3.05, 3.63) is 77.0 Å². The quantitative estimate of drug-likeness (QED) is 0.479. The number of rotatable bonds is 3. The van der Waals surface area contributed by atoms with Crippen LogP contribution in [-0.2, 0) is 12.6 Å². The van der Waals surface area contributed by atoms with E-state index in [1.54, 1.807) is 12.1 Å². The lowest BCUT2D eigenvalue weighted by molar-refractivity contribution is -0.286. The first-order chi connectivity index (χ1) is 16.1. The van der Waals surface area contributed by atoms with Crippen LogP contribution in [0.5, 0.6) is 11.5 Å². The number of fused-ring (bicyclic) bond motifs is 2. The Balaban J connectivity index is 1.44. The second-order valence-electron chi connectivity index (χ2n) is 8.04. The predicted molar refractivity (Wildman–Crippen MR) is 110 cm³/mol. The molecule has 1 N–H and O–H groups in total. The molecule has 0 saturated heterocycles. The molecule has 2 heterocycles. The van der Waals surface area contributed by atoms with E-state index in [-0.39, 0.29) is 17.1 Å². The van der Waals surface area contributed by atoms with Crippen molar-refractivity contribution in [3.63, 3.8) is 0 Å². The van der Waals surface area contributed by atoms with Crippen LogP contribution in [0.3, 0.4) is 0 Å². The Bertz CT molecular complexity index is 1280. The van der Waals surface area contributed by atoms with Crippen molar-refractivity contribution in [2.45, 2.75) is 37.8 Å². The molecule has 0 fully saturated rings. The highest BCUT2D eigenvalue weighted by Crippen LogP contribution is 2.43. The lowest BCUT2D eigenvalue weighted by atomic mass is 9.90. The summed E-state index contributed by atoms with van der Waals surface area (Å²) in [4.78, 5) is 17.5. The van der Waals surface area contributed by atoms with Crippen LogP contribution in [0.15, 0.2) is 54.6 Å². The number of pyridine rings is 1. The highest BCUT2D eigenvalue weighted by molar-refractivity contribution is 5.98. The second kappa shape index (κ2) is 7.96. The van der Waals surface area contributed by atoms with E-state index in [9.17, 15) is 26.7 Å². The number of aromatic nitrogens is 1. The van der Waals surface area contributed by atoms with Crippen LogP contribution in [0.1, 0.15) is 46.1 Å². The Morgan fingerprint density at radius 2 is 1.85 bits per heavy atom. The van der Waals surface area contributed by atoms with Gasteiger partial charge in [-0.25, -0.2) is 0 Å². The molecule has 1 atom stereocenters. The number of benzene rings is 2. The Labute approximate surface area is 190 Å². The number of alkyl halides is 5. The maximum Gasteiger partial charge on any atom is 0.586 e. The minimum Gasteiger partial charge on any atom is -0.395 e. The Kier molecular flexibility index (Phi) is 5.18. The van der Waals surface area contributed by atoms with Crippen molar-refractivity contribution in [2.75, 3.05) is 0 Å². The van der Waals surface area contributed by atoms with Crippen LogP contribution in [0.4, 0.5) is 22.0 Å². The van der Waals surface area contributed by atoms with Gasteiger partial charge in [-0.05, 0) is 55.2 Å². The Morgan fingerprint density at radius 1 is 1.06 bits per heavy atom. The predicted octanol–water partition coefficient (Wildman–Crippen LogP) is 5.90. The first kappa shape index (κ1) is 22.1. The van der Waals surface area contributed by atoms with E-state index in [4.69, 9.17) is 0 Å². The number of aryl methyl sites for hydroxylation is 1. The summed E-state index contributed by atoms with van der Waals surface area (Å²) in [6.45, 7) is 0. The van der Waals surface area contributed by atoms with Gasteiger partial charge in [-0.3, -0.25) is 9.78 Å². The number of carbonyl (C=O) groups excluding carboxylic acids is 1. The van der Waals surface area contributed by atoms with Gasteiger partial charge in [0, 0.05) is 5.56 Å². The normalized spacial score (nSPS) is 18.3. The Hall–Kier alpha value is -3.69. The summed E-state index contributed by atoms with van der Waals surface area (Å²) >= 11 is 0. The van der Waals surface area contributed by atoms with Gasteiger partial charge in [0.2, 0.25) is 0 Å². The third kappa shape index (κ3) is 4.15. The minimum atomic E-state index is -4.49. The lowest BCUT2D eigenvalue weighted by Gasteiger charge is -2.26. The monoisotopic (exact) mass is 476 g/mol. The molecule has 0 bridgehead atoms. The van der Waals surface area contributed by atoms with Crippen LogP contribution in [0.2, 0.25) is 0 Å². The molecule has 5 nitrogen and oxygen atoms in total. The molecule has 1 aliphatic carbocycles. The Morgan fingerprint density at radius 3 is 2.65 bits per heavy atom. The molecule has 0 radical (unpaired) electrons. The average molecular weight is 476 g/mol. The summed E-state index contributed by atoms with van der Waals surface area (Å²) in [5, 5.41) is 2.80. The standard InChI is InChI=1S/C24H17F5N2O3/c25-23(26,27)15-6-1-5-14(12-15)17-11-10-13-4-2-8-18(20(13)30-17)31-22(32)16-7-3-9-19-21(16)34-24(28,29)33-19/h1,3,5-7,9-12,18H,2,4,8H2,(H,31,32). The maximum absolute atomic E-state index is 13.5. The van der Waals surface area contributed by atoms with Gasteiger partial charge in [0.05, 0.1) is 28.6 Å². The van der Waals surface area contributed by atoms with Crippen molar-refractivity contribution in [1.29, 1.82) is 0 Å². The van der Waals surface area contributed by atoms with E-state index in [1.165, 1.54) is 30.3 Å². The van der Waals surface area contributed by atoms with Crippen LogP contribution >= 0.6 is 0 Å². The third-order valence-electron chi connectivity index (χ3n) is 5.75. The number of hydrogen-bond acceptors (Lipinski definition) is 4. The third-order valence-corrected chi connectivity index (χ3v) is 5.75. The molecule has 1 amide bonds. The number of carbonyl (C=O) groups is 1. The van der Waals surface area contributed by atoms with Gasteiger partial charge in [0.15, 0.2) is 11.5 Å². The zero-order valence-electron chi connectivity index (χ0n) is 17.5. The van der Waals surface area contributed by atoms with Gasteiger partial charge in [-0.2, -0.15) is 13.2 Å². The van der Waals surface area contributed by atoms with Gasteiger partial charge in [0.25, 0.3) is 5.91 Å². The molecule has 5 rings (SSSR count). The molecule has 10 heteroatoms. The largest absolute Gasteiger partial charge is 0.586 e.